The molecule has 0 atom stereocenters. The highest BCUT2D eigenvalue weighted by Gasteiger charge is 2.11. The highest BCUT2D eigenvalue weighted by Crippen LogP contribution is 2.19. The van der Waals surface area contributed by atoms with Gasteiger partial charge in [0.1, 0.15) is 11.5 Å². The van der Waals surface area contributed by atoms with E-state index in [1.165, 1.54) is 0 Å². The van der Waals surface area contributed by atoms with E-state index in [-0.39, 0.29) is 11.8 Å². The number of ether oxygens (including phenoxy) is 2. The summed E-state index contributed by atoms with van der Waals surface area (Å²) >= 11 is 0. The fraction of sp³-hybridized carbons (Fsp3) is 0.0909. The molecule has 3 aromatic carbocycles. The Balaban J connectivity index is 1.71. The number of anilines is 2. The van der Waals surface area contributed by atoms with Crippen LogP contribution in [0.4, 0.5) is 11.4 Å². The van der Waals surface area contributed by atoms with Crippen LogP contribution >= 0.6 is 0 Å². The summed E-state index contributed by atoms with van der Waals surface area (Å²) in [6.07, 6.45) is 0. The van der Waals surface area contributed by atoms with Crippen LogP contribution in [0.15, 0.2) is 72.8 Å². The van der Waals surface area contributed by atoms with Crippen molar-refractivity contribution in [2.75, 3.05) is 24.9 Å². The lowest BCUT2D eigenvalue weighted by molar-refractivity contribution is 0.102. The first-order valence-electron chi connectivity index (χ1n) is 8.60. The van der Waals surface area contributed by atoms with Gasteiger partial charge in [0.2, 0.25) is 0 Å². The average Bonchev–Trinajstić information content (AvgIpc) is 2.74. The van der Waals surface area contributed by atoms with E-state index >= 15 is 0 Å². The van der Waals surface area contributed by atoms with Gasteiger partial charge >= 0.3 is 0 Å². The van der Waals surface area contributed by atoms with Crippen molar-refractivity contribution in [2.45, 2.75) is 0 Å². The monoisotopic (exact) mass is 376 g/mol. The molecule has 2 amide bonds. The molecule has 0 bridgehead atoms. The SMILES string of the molecule is COc1ccc(NC(=O)c2cccc(C(=O)Nc3cccc(OC)c3)c2)cc1. The van der Waals surface area contributed by atoms with Gasteiger partial charge < -0.3 is 20.1 Å². The molecule has 0 fully saturated rings. The largest absolute Gasteiger partial charge is 0.497 e. The Bertz CT molecular complexity index is 984. The van der Waals surface area contributed by atoms with Crippen LogP contribution in [0.3, 0.4) is 0 Å². The van der Waals surface area contributed by atoms with Crippen molar-refractivity contribution in [3.05, 3.63) is 83.9 Å². The maximum absolute atomic E-state index is 12.5. The summed E-state index contributed by atoms with van der Waals surface area (Å²) < 4.78 is 10.3. The summed E-state index contributed by atoms with van der Waals surface area (Å²) in [6, 6.07) is 20.6. The molecule has 6 nitrogen and oxygen atoms in total. The number of hydrogen-bond acceptors (Lipinski definition) is 4. The third-order valence-corrected chi connectivity index (χ3v) is 4.06. The Morgan fingerprint density at radius 1 is 0.643 bits per heavy atom. The Kier molecular flexibility index (Phi) is 5.91. The number of methoxy groups -OCH3 is 2. The molecule has 0 aliphatic heterocycles. The van der Waals surface area contributed by atoms with Crippen molar-refractivity contribution in [3.8, 4) is 11.5 Å². The quantitative estimate of drug-likeness (QED) is 0.676. The first-order valence-corrected chi connectivity index (χ1v) is 8.60. The second kappa shape index (κ2) is 8.73. The minimum absolute atomic E-state index is 0.304. The number of rotatable bonds is 6. The summed E-state index contributed by atoms with van der Waals surface area (Å²) in [5, 5.41) is 5.59. The second-order valence-corrected chi connectivity index (χ2v) is 5.95. The predicted octanol–water partition coefficient (Wildman–Crippen LogP) is 4.21. The molecule has 0 aliphatic rings. The molecule has 3 aromatic rings. The summed E-state index contributed by atoms with van der Waals surface area (Å²) in [7, 11) is 3.14. The van der Waals surface area contributed by atoms with E-state index in [4.69, 9.17) is 9.47 Å². The summed E-state index contributed by atoms with van der Waals surface area (Å²) in [6.45, 7) is 0. The molecular weight excluding hydrogens is 356 g/mol. The molecular formula is C22H20N2O4. The van der Waals surface area contributed by atoms with Gasteiger partial charge in [-0.15, -0.1) is 0 Å². The number of amides is 2. The normalized spacial score (nSPS) is 10.1. The zero-order valence-corrected chi connectivity index (χ0v) is 15.6. The molecule has 6 heteroatoms. The Hall–Kier alpha value is -3.80. The van der Waals surface area contributed by atoms with Gasteiger partial charge in [-0.2, -0.15) is 0 Å². The minimum atomic E-state index is -0.313. The summed E-state index contributed by atoms with van der Waals surface area (Å²) in [4.78, 5) is 25.0. The van der Waals surface area contributed by atoms with E-state index in [2.05, 4.69) is 10.6 Å². The van der Waals surface area contributed by atoms with Gasteiger partial charge in [0.05, 0.1) is 14.2 Å². The van der Waals surface area contributed by atoms with Crippen molar-refractivity contribution in [1.29, 1.82) is 0 Å². The van der Waals surface area contributed by atoms with Gasteiger partial charge in [-0.1, -0.05) is 12.1 Å². The number of hydrogen-bond donors (Lipinski definition) is 2. The first-order chi connectivity index (χ1) is 13.6. The van der Waals surface area contributed by atoms with Crippen LogP contribution in [0.5, 0.6) is 11.5 Å². The standard InChI is InChI=1S/C22H20N2O4/c1-27-19-11-9-17(10-12-19)23-21(25)15-5-3-6-16(13-15)22(26)24-18-7-4-8-20(14-18)28-2/h3-14H,1-2H3,(H,23,25)(H,24,26). The zero-order chi connectivity index (χ0) is 19.9. The van der Waals surface area contributed by atoms with Gasteiger partial charge in [-0.25, -0.2) is 0 Å². The van der Waals surface area contributed by atoms with Crippen molar-refractivity contribution in [2.24, 2.45) is 0 Å². The van der Waals surface area contributed by atoms with Crippen LogP contribution in [0.2, 0.25) is 0 Å². The fourth-order valence-electron chi connectivity index (χ4n) is 2.58. The van der Waals surface area contributed by atoms with Gasteiger partial charge in [0.15, 0.2) is 0 Å². The van der Waals surface area contributed by atoms with Crippen LogP contribution < -0.4 is 20.1 Å². The maximum atomic E-state index is 12.5. The Morgan fingerprint density at radius 2 is 1.21 bits per heavy atom. The summed E-state index contributed by atoms with van der Waals surface area (Å²) in [5.74, 6) is 0.730. The third kappa shape index (κ3) is 4.67. The predicted molar refractivity (Wildman–Crippen MR) is 108 cm³/mol. The lowest BCUT2D eigenvalue weighted by atomic mass is 10.1. The molecule has 2 N–H and O–H groups in total. The van der Waals surface area contributed by atoms with E-state index in [9.17, 15) is 9.59 Å². The third-order valence-electron chi connectivity index (χ3n) is 4.06. The summed E-state index contributed by atoms with van der Waals surface area (Å²) in [5.41, 5.74) is 2.01. The molecule has 0 unspecified atom stereocenters. The fourth-order valence-corrected chi connectivity index (χ4v) is 2.58. The molecule has 3 rings (SSSR count). The molecule has 0 spiro atoms. The van der Waals surface area contributed by atoms with Crippen molar-refractivity contribution >= 4 is 23.2 Å². The van der Waals surface area contributed by atoms with E-state index in [1.54, 1.807) is 87.0 Å². The number of carbonyl (C=O) groups is 2. The van der Waals surface area contributed by atoms with Crippen LogP contribution in [0, 0.1) is 0 Å². The van der Waals surface area contributed by atoms with Gasteiger partial charge in [-0.05, 0) is 54.6 Å². The highest BCUT2D eigenvalue weighted by atomic mass is 16.5. The van der Waals surface area contributed by atoms with Crippen molar-refractivity contribution in [3.63, 3.8) is 0 Å². The second-order valence-electron chi connectivity index (χ2n) is 5.95. The smallest absolute Gasteiger partial charge is 0.255 e. The molecule has 0 radical (unpaired) electrons. The number of benzene rings is 3. The van der Waals surface area contributed by atoms with Gasteiger partial charge in [0.25, 0.3) is 11.8 Å². The molecule has 0 saturated heterocycles. The lowest BCUT2D eigenvalue weighted by Crippen LogP contribution is -2.15. The molecule has 28 heavy (non-hydrogen) atoms. The van der Waals surface area contributed by atoms with Crippen LogP contribution in [-0.2, 0) is 0 Å². The van der Waals surface area contributed by atoms with Crippen LogP contribution in [-0.4, -0.2) is 26.0 Å². The maximum Gasteiger partial charge on any atom is 0.255 e. The average molecular weight is 376 g/mol. The van der Waals surface area contributed by atoms with E-state index in [0.29, 0.717) is 34.0 Å². The van der Waals surface area contributed by atoms with Crippen molar-refractivity contribution < 1.29 is 19.1 Å². The zero-order valence-electron chi connectivity index (χ0n) is 15.6. The minimum Gasteiger partial charge on any atom is -0.497 e. The van der Waals surface area contributed by atoms with E-state index in [0.717, 1.165) is 0 Å². The van der Waals surface area contributed by atoms with E-state index < -0.39 is 0 Å². The van der Waals surface area contributed by atoms with Crippen LogP contribution in [0.1, 0.15) is 20.7 Å². The van der Waals surface area contributed by atoms with E-state index in [1.807, 2.05) is 0 Å². The number of nitrogens with one attached hydrogen (secondary N) is 2. The number of carbonyl (C=O) groups excluding carboxylic acids is 2. The Labute approximate surface area is 163 Å². The molecule has 0 aromatic heterocycles. The topological polar surface area (TPSA) is 76.7 Å². The molecule has 0 saturated carbocycles. The highest BCUT2D eigenvalue weighted by molar-refractivity contribution is 6.08. The van der Waals surface area contributed by atoms with Gasteiger partial charge in [-0.3, -0.25) is 9.59 Å². The first kappa shape index (κ1) is 19.0. The molecule has 0 aliphatic carbocycles. The van der Waals surface area contributed by atoms with Crippen molar-refractivity contribution in [1.82, 2.24) is 0 Å². The van der Waals surface area contributed by atoms with Crippen LogP contribution in [0.25, 0.3) is 0 Å². The Morgan fingerprint density at radius 3 is 1.82 bits per heavy atom. The van der Waals surface area contributed by atoms with Gasteiger partial charge in [0, 0.05) is 28.6 Å². The lowest BCUT2D eigenvalue weighted by Gasteiger charge is -2.09. The molecule has 142 valence electrons. The molecule has 0 heterocycles.